The fourth-order valence-corrected chi connectivity index (χ4v) is 3.59. The zero-order valence-corrected chi connectivity index (χ0v) is 17.8. The number of likely N-dealkylation sites (N-methyl/N-ethyl adjacent to an activating group) is 1. The lowest BCUT2D eigenvalue weighted by Gasteiger charge is -2.44. The van der Waals surface area contributed by atoms with Gasteiger partial charge in [0.2, 0.25) is 5.72 Å². The predicted octanol–water partition coefficient (Wildman–Crippen LogP) is 1.79. The summed E-state index contributed by atoms with van der Waals surface area (Å²) in [6.45, 7) is 3.33. The molecule has 1 aliphatic rings. The number of hydrogen-bond acceptors (Lipinski definition) is 7. The second kappa shape index (κ2) is 9.28. The van der Waals surface area contributed by atoms with E-state index in [4.69, 9.17) is 15.0 Å². The number of aldehydes is 1. The number of carbonyl (C=O) groups is 2. The van der Waals surface area contributed by atoms with Gasteiger partial charge in [0.1, 0.15) is 6.29 Å². The first kappa shape index (κ1) is 23.8. The fraction of sp³-hybridized carbons (Fsp3) is 0.625. The van der Waals surface area contributed by atoms with Crippen LogP contribution in [0.15, 0.2) is 23.8 Å². The van der Waals surface area contributed by atoms with Crippen molar-refractivity contribution in [2.24, 2.45) is 11.7 Å². The Bertz CT molecular complexity index is 720. The maximum atomic E-state index is 11.7. The van der Waals surface area contributed by atoms with Gasteiger partial charge in [0, 0.05) is 18.0 Å². The maximum Gasteiger partial charge on any atom is 0.406 e. The van der Waals surface area contributed by atoms with Gasteiger partial charge in [-0.2, -0.15) is 8.42 Å². The van der Waals surface area contributed by atoms with Crippen LogP contribution in [0, 0.1) is 5.92 Å². The third-order valence-electron chi connectivity index (χ3n) is 4.13. The molecule has 11 heteroatoms. The summed E-state index contributed by atoms with van der Waals surface area (Å²) >= 11 is 3.52. The molecule has 0 saturated carbocycles. The molecule has 0 saturated heterocycles. The summed E-state index contributed by atoms with van der Waals surface area (Å²) in [4.78, 5) is 24.9. The molecular weight excluding hydrogens is 444 g/mol. The lowest BCUT2D eigenvalue weighted by Crippen LogP contribution is -2.55. The quantitative estimate of drug-likeness (QED) is 0.163. The smallest absolute Gasteiger partial charge is 0.406 e. The van der Waals surface area contributed by atoms with Crippen molar-refractivity contribution < 1.29 is 31.5 Å². The van der Waals surface area contributed by atoms with Crippen molar-refractivity contribution in [3.05, 3.63) is 23.8 Å². The highest BCUT2D eigenvalue weighted by atomic mass is 79.9. The van der Waals surface area contributed by atoms with Crippen LogP contribution in [0.4, 0.5) is 4.79 Å². The average molecular weight is 469 g/mol. The Morgan fingerprint density at radius 1 is 1.48 bits per heavy atom. The van der Waals surface area contributed by atoms with Gasteiger partial charge < -0.3 is 15.3 Å². The van der Waals surface area contributed by atoms with Crippen molar-refractivity contribution in [1.82, 2.24) is 4.90 Å². The van der Waals surface area contributed by atoms with E-state index >= 15 is 0 Å². The van der Waals surface area contributed by atoms with Gasteiger partial charge in [0.25, 0.3) is 0 Å². The van der Waals surface area contributed by atoms with Crippen molar-refractivity contribution in [2.45, 2.75) is 36.7 Å². The molecule has 0 fully saturated rings. The Morgan fingerprint density at radius 2 is 2.11 bits per heavy atom. The van der Waals surface area contributed by atoms with Crippen molar-refractivity contribution in [1.29, 1.82) is 0 Å². The summed E-state index contributed by atoms with van der Waals surface area (Å²) in [5.74, 6) is -0.555. The highest BCUT2D eigenvalue weighted by Crippen LogP contribution is 2.41. The maximum absolute atomic E-state index is 11.7. The monoisotopic (exact) mass is 468 g/mol. The molecule has 1 rings (SSSR count). The number of allylic oxidation sites excluding steroid dienone is 2. The van der Waals surface area contributed by atoms with Crippen LogP contribution in [0.2, 0.25) is 0 Å². The molecule has 0 aromatic heterocycles. The van der Waals surface area contributed by atoms with Crippen LogP contribution in [0.3, 0.4) is 0 Å². The Balaban J connectivity index is 3.34. The number of nitrogens with zero attached hydrogens (tertiary/aromatic N) is 1. The number of amides is 1. The lowest BCUT2D eigenvalue weighted by atomic mass is 9.80. The topological polar surface area (TPSA) is 136 Å². The summed E-state index contributed by atoms with van der Waals surface area (Å²) in [5.41, 5.74) is 4.27. The molecule has 1 aliphatic carbocycles. The van der Waals surface area contributed by atoms with Crippen LogP contribution in [0.5, 0.6) is 0 Å². The highest BCUT2D eigenvalue weighted by Gasteiger charge is 2.46. The fourth-order valence-electron chi connectivity index (χ4n) is 2.93. The molecule has 154 valence electrons. The SMILES string of the molecule is CCC[C@H](C=O)C1=CC(C)(Br)C=CC1(OC(N)=O)N(C)CCOS(=O)(=O)O. The number of primary amides is 1. The molecule has 9 nitrogen and oxygen atoms in total. The van der Waals surface area contributed by atoms with Crippen molar-refractivity contribution >= 4 is 38.7 Å². The number of nitrogens with two attached hydrogens (primary N) is 1. The Labute approximate surface area is 167 Å². The van der Waals surface area contributed by atoms with Gasteiger partial charge in [-0.05, 0) is 26.5 Å². The minimum atomic E-state index is -4.61. The Kier molecular flexibility index (Phi) is 8.17. The largest absolute Gasteiger partial charge is 0.420 e. The van der Waals surface area contributed by atoms with Gasteiger partial charge in [-0.1, -0.05) is 41.4 Å². The second-order valence-electron chi connectivity index (χ2n) is 6.40. The third kappa shape index (κ3) is 6.68. The molecule has 0 spiro atoms. The van der Waals surface area contributed by atoms with E-state index in [0.717, 1.165) is 6.29 Å². The molecule has 0 aromatic carbocycles. The van der Waals surface area contributed by atoms with Crippen LogP contribution in [0.1, 0.15) is 26.7 Å². The van der Waals surface area contributed by atoms with E-state index in [-0.39, 0.29) is 6.54 Å². The van der Waals surface area contributed by atoms with E-state index in [2.05, 4.69) is 20.1 Å². The molecule has 0 aromatic rings. The summed E-state index contributed by atoms with van der Waals surface area (Å²) < 4.78 is 39.4. The molecule has 27 heavy (non-hydrogen) atoms. The zero-order valence-electron chi connectivity index (χ0n) is 15.4. The number of hydrogen-bond donors (Lipinski definition) is 2. The summed E-state index contributed by atoms with van der Waals surface area (Å²) in [7, 11) is -3.06. The summed E-state index contributed by atoms with van der Waals surface area (Å²) in [6, 6.07) is 0. The Morgan fingerprint density at radius 3 is 2.59 bits per heavy atom. The predicted molar refractivity (Wildman–Crippen MR) is 103 cm³/mol. The third-order valence-corrected chi connectivity index (χ3v) is 5.09. The first-order chi connectivity index (χ1) is 12.4. The molecule has 0 radical (unpaired) electrons. The van der Waals surface area contributed by atoms with Gasteiger partial charge in [-0.15, -0.1) is 0 Å². The van der Waals surface area contributed by atoms with E-state index in [1.807, 2.05) is 13.8 Å². The van der Waals surface area contributed by atoms with E-state index < -0.39 is 39.1 Å². The normalized spacial score (nSPS) is 26.5. The first-order valence-corrected chi connectivity index (χ1v) is 10.4. The standard InChI is InChI=1S/C16H25BrN2O7S/c1-4-5-12(11-20)13-10-15(2,17)6-7-16(13,26-14(18)21)19(3)8-9-25-27(22,23)24/h6-7,10-12H,4-5,8-9H2,1-3H3,(H2,18,21)(H,22,23,24)/t12-,15?,16?/m1/s1. The number of ether oxygens (including phenoxy) is 1. The van der Waals surface area contributed by atoms with Crippen LogP contribution < -0.4 is 5.73 Å². The van der Waals surface area contributed by atoms with Crippen LogP contribution in [-0.4, -0.2) is 60.5 Å². The molecule has 3 N–H and O–H groups in total. The molecule has 1 amide bonds. The second-order valence-corrected chi connectivity index (χ2v) is 9.20. The van der Waals surface area contributed by atoms with Crippen LogP contribution in [0.25, 0.3) is 0 Å². The number of alkyl halides is 1. The molecule has 3 atom stereocenters. The first-order valence-electron chi connectivity index (χ1n) is 8.26. The molecule has 2 unspecified atom stereocenters. The minimum Gasteiger partial charge on any atom is -0.420 e. The van der Waals surface area contributed by atoms with E-state index in [9.17, 15) is 18.0 Å². The van der Waals surface area contributed by atoms with Gasteiger partial charge in [0.15, 0.2) is 0 Å². The van der Waals surface area contributed by atoms with Crippen LogP contribution >= 0.6 is 15.9 Å². The van der Waals surface area contributed by atoms with Gasteiger partial charge in [0.05, 0.1) is 10.9 Å². The molecule has 0 bridgehead atoms. The van der Waals surface area contributed by atoms with Crippen molar-refractivity contribution in [3.63, 3.8) is 0 Å². The molecule has 0 aliphatic heterocycles. The van der Waals surface area contributed by atoms with Crippen molar-refractivity contribution in [3.8, 4) is 0 Å². The Hall–Kier alpha value is -1.27. The minimum absolute atomic E-state index is 0.0501. The lowest BCUT2D eigenvalue weighted by molar-refractivity contribution is -0.112. The van der Waals surface area contributed by atoms with Crippen LogP contribution in [-0.2, 0) is 24.1 Å². The summed E-state index contributed by atoms with van der Waals surface area (Å²) in [5, 5.41) is 0. The van der Waals surface area contributed by atoms with E-state index in [1.165, 1.54) is 4.90 Å². The van der Waals surface area contributed by atoms with Gasteiger partial charge >= 0.3 is 16.5 Å². The van der Waals surface area contributed by atoms with Gasteiger partial charge in [-0.3, -0.25) is 9.45 Å². The van der Waals surface area contributed by atoms with Crippen molar-refractivity contribution in [2.75, 3.05) is 20.2 Å². The number of halogens is 1. The number of rotatable bonds is 10. The van der Waals surface area contributed by atoms with E-state index in [1.54, 1.807) is 25.3 Å². The van der Waals surface area contributed by atoms with E-state index in [0.29, 0.717) is 18.4 Å². The molecular formula is C16H25BrN2O7S. The highest BCUT2D eigenvalue weighted by molar-refractivity contribution is 9.10. The number of carbonyl (C=O) groups excluding carboxylic acids is 2. The molecule has 0 heterocycles. The average Bonchev–Trinajstić information content (AvgIpc) is 2.52. The summed E-state index contributed by atoms with van der Waals surface area (Å²) in [6.07, 6.45) is 6.03. The zero-order chi connectivity index (χ0) is 20.9. The van der Waals surface area contributed by atoms with Gasteiger partial charge in [-0.25, -0.2) is 8.98 Å².